The molecule has 1 aromatic carbocycles. The first-order valence-corrected chi connectivity index (χ1v) is 15.3. The van der Waals surface area contributed by atoms with Crippen molar-refractivity contribution in [1.29, 1.82) is 5.26 Å². The van der Waals surface area contributed by atoms with E-state index in [0.29, 0.717) is 32.1 Å². The van der Waals surface area contributed by atoms with Crippen LogP contribution in [-0.2, 0) is 20.0 Å². The molecule has 1 saturated carbocycles. The fourth-order valence-electron chi connectivity index (χ4n) is 6.70. The molecule has 0 N–H and O–H groups in total. The lowest BCUT2D eigenvalue weighted by atomic mass is 10.0. The van der Waals surface area contributed by atoms with Crippen LogP contribution in [0, 0.1) is 16.7 Å². The highest BCUT2D eigenvalue weighted by molar-refractivity contribution is 5.93. The highest BCUT2D eigenvalue weighted by Gasteiger charge is 2.44. The summed E-state index contributed by atoms with van der Waals surface area (Å²) in [5, 5.41) is 11.2. The maximum atomic E-state index is 13.2. The number of piperazine rings is 1. The van der Waals surface area contributed by atoms with Gasteiger partial charge in [-0.05, 0) is 64.0 Å². The van der Waals surface area contributed by atoms with Crippen molar-refractivity contribution in [3.05, 3.63) is 64.3 Å². The summed E-state index contributed by atoms with van der Waals surface area (Å²) in [4.78, 5) is 32.4. The van der Waals surface area contributed by atoms with Gasteiger partial charge in [0.25, 0.3) is 5.56 Å². The van der Waals surface area contributed by atoms with Gasteiger partial charge in [-0.15, -0.1) is 0 Å². The fraction of sp³-hybridized carbons (Fsp3) is 0.515. The Hall–Kier alpha value is -4.10. The van der Waals surface area contributed by atoms with Gasteiger partial charge in [-0.25, -0.2) is 0 Å². The summed E-state index contributed by atoms with van der Waals surface area (Å²) in [7, 11) is 6.01. The minimum absolute atomic E-state index is 0.00412. The smallest absolute Gasteiger partial charge is 0.318 e. The van der Waals surface area contributed by atoms with Crippen LogP contribution in [-0.4, -0.2) is 83.8 Å². The molecule has 3 aromatic rings. The first-order valence-electron chi connectivity index (χ1n) is 15.3. The number of ether oxygens (including phenoxy) is 1. The average molecular weight is 583 g/mol. The van der Waals surface area contributed by atoms with Gasteiger partial charge in [-0.1, -0.05) is 18.2 Å². The standard InChI is InChI=1S/C33H42N8O2/c1-5-15-39-18-19-41(20-25(39)9-14-34)30-26-11-17-40(28-8-6-7-24-10-16-38(4)31(42)29(24)28)21-27(26)35-32(36-30)43-23-33(12-13-33)22-37(2)3/h5-8,10,15-16,25H,9,11-13,17-23H2,1-4H3. The fourth-order valence-corrected chi connectivity index (χ4v) is 6.70. The van der Waals surface area contributed by atoms with E-state index in [0.717, 1.165) is 79.0 Å². The van der Waals surface area contributed by atoms with Crippen molar-refractivity contribution in [1.82, 2.24) is 24.3 Å². The van der Waals surface area contributed by atoms with Crippen molar-refractivity contribution in [3.8, 4) is 12.1 Å². The molecule has 0 spiro atoms. The zero-order valence-corrected chi connectivity index (χ0v) is 25.8. The molecule has 10 heteroatoms. The van der Waals surface area contributed by atoms with Crippen LogP contribution in [0.15, 0.2) is 47.5 Å². The van der Waals surface area contributed by atoms with Gasteiger partial charge in [0.1, 0.15) is 5.82 Å². The molecule has 2 fully saturated rings. The van der Waals surface area contributed by atoms with E-state index in [1.807, 2.05) is 43.5 Å². The second kappa shape index (κ2) is 11.9. The Kier molecular flexibility index (Phi) is 8.01. The molecule has 0 amide bonds. The Morgan fingerprint density at radius 3 is 2.74 bits per heavy atom. The van der Waals surface area contributed by atoms with Crippen molar-refractivity contribution in [2.75, 3.05) is 63.2 Å². The Labute approximate surface area is 253 Å². The van der Waals surface area contributed by atoms with Crippen LogP contribution < -0.4 is 20.1 Å². The number of rotatable bonds is 9. The molecule has 10 nitrogen and oxygen atoms in total. The average Bonchev–Trinajstić information content (AvgIpc) is 3.76. The Bertz CT molecular complexity index is 1620. The zero-order valence-electron chi connectivity index (χ0n) is 25.8. The molecule has 2 aromatic heterocycles. The zero-order chi connectivity index (χ0) is 30.1. The maximum absolute atomic E-state index is 13.2. The molecule has 6 rings (SSSR count). The lowest BCUT2D eigenvalue weighted by Gasteiger charge is -2.42. The van der Waals surface area contributed by atoms with Crippen LogP contribution in [0.25, 0.3) is 10.8 Å². The summed E-state index contributed by atoms with van der Waals surface area (Å²) in [6.45, 7) is 7.27. The minimum atomic E-state index is 0.00412. The van der Waals surface area contributed by atoms with Gasteiger partial charge in [-0.2, -0.15) is 15.2 Å². The third-order valence-corrected chi connectivity index (χ3v) is 9.06. The molecule has 0 radical (unpaired) electrons. The monoisotopic (exact) mass is 582 g/mol. The largest absolute Gasteiger partial charge is 0.463 e. The van der Waals surface area contributed by atoms with E-state index in [1.165, 1.54) is 0 Å². The number of benzene rings is 1. The first-order chi connectivity index (χ1) is 20.8. The summed E-state index contributed by atoms with van der Waals surface area (Å²) in [6, 6.07) is 10.9. The van der Waals surface area contributed by atoms with Crippen molar-refractivity contribution >= 4 is 22.3 Å². The lowest BCUT2D eigenvalue weighted by molar-refractivity contribution is 0.182. The Morgan fingerprint density at radius 2 is 2.00 bits per heavy atom. The van der Waals surface area contributed by atoms with Crippen LogP contribution in [0.2, 0.25) is 0 Å². The summed E-state index contributed by atoms with van der Waals surface area (Å²) in [5.74, 6) is 0.925. The number of hydrogen-bond acceptors (Lipinski definition) is 9. The van der Waals surface area contributed by atoms with Crippen molar-refractivity contribution in [2.45, 2.75) is 45.2 Å². The Morgan fingerprint density at radius 1 is 1.16 bits per heavy atom. The number of hydrogen-bond donors (Lipinski definition) is 0. The van der Waals surface area contributed by atoms with Crippen molar-refractivity contribution < 1.29 is 4.74 Å². The quantitative estimate of drug-likeness (QED) is 0.376. The molecule has 1 atom stereocenters. The van der Waals surface area contributed by atoms with Crippen LogP contribution in [0.4, 0.5) is 11.5 Å². The molecule has 226 valence electrons. The summed E-state index contributed by atoms with van der Waals surface area (Å²) in [5.41, 5.74) is 3.18. The summed E-state index contributed by atoms with van der Waals surface area (Å²) in [6.07, 6.45) is 9.46. The number of aryl methyl sites for hydroxylation is 1. The van der Waals surface area contributed by atoms with Gasteiger partial charge in [0.2, 0.25) is 0 Å². The predicted molar refractivity (Wildman–Crippen MR) is 169 cm³/mol. The SMILES string of the molecule is CC=CN1CCN(c2nc(OCC3(CN(C)C)CC3)nc3c2CCN(c2cccc4ccn(C)c(=O)c24)C3)CC1CC#N. The number of aromatic nitrogens is 3. The molecular formula is C33H42N8O2. The molecule has 4 heterocycles. The summed E-state index contributed by atoms with van der Waals surface area (Å²) < 4.78 is 8.03. The molecule has 0 bridgehead atoms. The number of allylic oxidation sites excluding steroid dienone is 1. The molecular weight excluding hydrogens is 540 g/mol. The maximum Gasteiger partial charge on any atom is 0.318 e. The molecule has 2 aliphatic heterocycles. The normalized spacial score (nSPS) is 19.6. The van der Waals surface area contributed by atoms with Gasteiger partial charge in [0.05, 0.1) is 48.5 Å². The van der Waals surface area contributed by atoms with Gasteiger partial charge < -0.3 is 28.9 Å². The van der Waals surface area contributed by atoms with E-state index >= 15 is 0 Å². The highest BCUT2D eigenvalue weighted by atomic mass is 16.5. The van der Waals surface area contributed by atoms with E-state index in [9.17, 15) is 10.1 Å². The van der Waals surface area contributed by atoms with E-state index in [2.05, 4.69) is 46.0 Å². The van der Waals surface area contributed by atoms with Crippen molar-refractivity contribution in [3.63, 3.8) is 0 Å². The number of anilines is 2. The van der Waals surface area contributed by atoms with Gasteiger partial charge in [-0.3, -0.25) is 4.79 Å². The Balaban J connectivity index is 1.35. The van der Waals surface area contributed by atoms with Crippen LogP contribution in [0.5, 0.6) is 6.01 Å². The van der Waals surface area contributed by atoms with E-state index in [4.69, 9.17) is 14.7 Å². The van der Waals surface area contributed by atoms with Gasteiger partial charge >= 0.3 is 6.01 Å². The van der Waals surface area contributed by atoms with Gasteiger partial charge in [0, 0.05) is 56.9 Å². The van der Waals surface area contributed by atoms with Crippen LogP contribution in [0.1, 0.15) is 37.4 Å². The number of nitrogens with zero attached hydrogens (tertiary/aromatic N) is 8. The first kappa shape index (κ1) is 29.0. The molecule has 43 heavy (non-hydrogen) atoms. The third kappa shape index (κ3) is 5.91. The van der Waals surface area contributed by atoms with Gasteiger partial charge in [0.15, 0.2) is 0 Å². The molecule has 3 aliphatic rings. The van der Waals surface area contributed by atoms with Crippen LogP contribution in [0.3, 0.4) is 0 Å². The topological polar surface area (TPSA) is 93.8 Å². The molecule has 1 aliphatic carbocycles. The molecule has 1 saturated heterocycles. The van der Waals surface area contributed by atoms with E-state index < -0.39 is 0 Å². The van der Waals surface area contributed by atoms with E-state index in [-0.39, 0.29) is 17.0 Å². The third-order valence-electron chi connectivity index (χ3n) is 9.06. The minimum Gasteiger partial charge on any atom is -0.463 e. The molecule has 1 unspecified atom stereocenters. The van der Waals surface area contributed by atoms with E-state index in [1.54, 1.807) is 11.6 Å². The predicted octanol–water partition coefficient (Wildman–Crippen LogP) is 3.55. The number of fused-ring (bicyclic) bond motifs is 2. The summed E-state index contributed by atoms with van der Waals surface area (Å²) >= 11 is 0. The van der Waals surface area contributed by atoms with Crippen LogP contribution >= 0.6 is 0 Å². The second-order valence-corrected chi connectivity index (χ2v) is 12.6. The number of pyridine rings is 1. The second-order valence-electron chi connectivity index (χ2n) is 12.6. The van der Waals surface area contributed by atoms with Crippen molar-refractivity contribution in [2.24, 2.45) is 12.5 Å². The lowest BCUT2D eigenvalue weighted by Crippen LogP contribution is -2.51. The number of nitriles is 1. The highest BCUT2D eigenvalue weighted by Crippen LogP contribution is 2.46.